The van der Waals surface area contributed by atoms with Crippen LogP contribution in [0.4, 0.5) is 5.69 Å². The van der Waals surface area contributed by atoms with Gasteiger partial charge in [-0.15, -0.1) is 0 Å². The minimum atomic E-state index is 0.985. The molecule has 182 valence electrons. The van der Waals surface area contributed by atoms with Gasteiger partial charge in [0.25, 0.3) is 0 Å². The molecule has 0 spiro atoms. The van der Waals surface area contributed by atoms with E-state index in [-0.39, 0.29) is 0 Å². The molecule has 3 nitrogen and oxygen atoms in total. The van der Waals surface area contributed by atoms with Crippen LogP contribution >= 0.6 is 0 Å². The van der Waals surface area contributed by atoms with Crippen LogP contribution in [0.2, 0.25) is 0 Å². The SMILES string of the molecule is CC(=Nc1ccccc1C)c1cccc(-c2cc(-c3cncc4ccccc34)ccc2-c2cccnc2)c1. The second-order valence-electron chi connectivity index (χ2n) is 9.47. The Morgan fingerprint density at radius 2 is 1.42 bits per heavy atom. The first kappa shape index (κ1) is 23.5. The lowest BCUT2D eigenvalue weighted by Crippen LogP contribution is -1.96. The third-order valence-corrected chi connectivity index (χ3v) is 6.97. The molecule has 0 saturated heterocycles. The lowest BCUT2D eigenvalue weighted by molar-refractivity contribution is 1.33. The molecule has 0 atom stereocenters. The maximum Gasteiger partial charge on any atom is 0.0662 e. The average molecular weight is 490 g/mol. The number of aromatic nitrogens is 2. The maximum atomic E-state index is 4.94. The van der Waals surface area contributed by atoms with Gasteiger partial charge in [-0.1, -0.05) is 78.9 Å². The van der Waals surface area contributed by atoms with Crippen molar-refractivity contribution in [3.8, 4) is 33.4 Å². The summed E-state index contributed by atoms with van der Waals surface area (Å²) in [5.41, 5.74) is 11.0. The molecule has 6 aromatic rings. The molecular weight excluding hydrogens is 462 g/mol. The number of aliphatic imine (C=N–C) groups is 1. The van der Waals surface area contributed by atoms with Gasteiger partial charge in [0.1, 0.15) is 0 Å². The Morgan fingerprint density at radius 1 is 0.605 bits per heavy atom. The summed E-state index contributed by atoms with van der Waals surface area (Å²) in [5.74, 6) is 0. The van der Waals surface area contributed by atoms with Crippen LogP contribution in [0.3, 0.4) is 0 Å². The molecule has 0 saturated carbocycles. The zero-order valence-electron chi connectivity index (χ0n) is 21.5. The molecule has 4 aromatic carbocycles. The Bertz CT molecular complexity index is 1780. The van der Waals surface area contributed by atoms with Crippen molar-refractivity contribution in [2.75, 3.05) is 0 Å². The van der Waals surface area contributed by atoms with Crippen molar-refractivity contribution in [1.29, 1.82) is 0 Å². The molecule has 0 amide bonds. The lowest BCUT2D eigenvalue weighted by atomic mass is 9.90. The molecule has 2 aromatic heterocycles. The van der Waals surface area contributed by atoms with Crippen LogP contribution in [0.5, 0.6) is 0 Å². The number of benzene rings is 4. The Hall–Kier alpha value is -4.89. The average Bonchev–Trinajstić information content (AvgIpc) is 2.98. The largest absolute Gasteiger partial charge is 0.264 e. The standard InChI is InChI=1S/C35H27N3/c1-24-9-3-6-15-35(24)38-25(2)26-11-7-12-27(19-26)33-20-28(16-17-32(33)30-13-8-18-36-21-30)34-23-37-22-29-10-4-5-14-31(29)34/h3-23H,1-2H3. The molecule has 0 aliphatic heterocycles. The van der Waals surface area contributed by atoms with Crippen molar-refractivity contribution in [3.05, 3.63) is 139 Å². The van der Waals surface area contributed by atoms with Crippen LogP contribution in [-0.4, -0.2) is 15.7 Å². The quantitative estimate of drug-likeness (QED) is 0.227. The number of para-hydroxylation sites is 1. The molecule has 0 aliphatic rings. The van der Waals surface area contributed by atoms with Gasteiger partial charge in [-0.2, -0.15) is 0 Å². The fourth-order valence-corrected chi connectivity index (χ4v) is 4.92. The minimum Gasteiger partial charge on any atom is -0.264 e. The van der Waals surface area contributed by atoms with Crippen LogP contribution < -0.4 is 0 Å². The fourth-order valence-electron chi connectivity index (χ4n) is 4.92. The number of hydrogen-bond acceptors (Lipinski definition) is 3. The van der Waals surface area contributed by atoms with Crippen molar-refractivity contribution in [2.24, 2.45) is 4.99 Å². The van der Waals surface area contributed by atoms with E-state index in [9.17, 15) is 0 Å². The van der Waals surface area contributed by atoms with Crippen molar-refractivity contribution < 1.29 is 0 Å². The second-order valence-corrected chi connectivity index (χ2v) is 9.47. The third-order valence-electron chi connectivity index (χ3n) is 6.97. The van der Waals surface area contributed by atoms with E-state index >= 15 is 0 Å². The van der Waals surface area contributed by atoms with Gasteiger partial charge in [0.15, 0.2) is 0 Å². The Balaban J connectivity index is 1.51. The van der Waals surface area contributed by atoms with Gasteiger partial charge in [0.2, 0.25) is 0 Å². The number of hydrogen-bond donors (Lipinski definition) is 0. The van der Waals surface area contributed by atoms with Crippen LogP contribution in [0.25, 0.3) is 44.2 Å². The normalized spacial score (nSPS) is 11.6. The highest BCUT2D eigenvalue weighted by atomic mass is 14.7. The molecule has 6 rings (SSSR count). The first-order chi connectivity index (χ1) is 18.7. The van der Waals surface area contributed by atoms with Crippen LogP contribution in [0, 0.1) is 6.92 Å². The summed E-state index contributed by atoms with van der Waals surface area (Å²) < 4.78 is 0. The molecule has 0 fully saturated rings. The molecule has 0 bridgehead atoms. The topological polar surface area (TPSA) is 38.1 Å². The van der Waals surface area contributed by atoms with Crippen molar-refractivity contribution in [3.63, 3.8) is 0 Å². The molecule has 0 unspecified atom stereocenters. The Kier molecular flexibility index (Phi) is 6.33. The zero-order valence-corrected chi connectivity index (χ0v) is 21.5. The monoisotopic (exact) mass is 489 g/mol. The predicted molar refractivity (Wildman–Crippen MR) is 159 cm³/mol. The van der Waals surface area contributed by atoms with Crippen molar-refractivity contribution in [2.45, 2.75) is 13.8 Å². The first-order valence-electron chi connectivity index (χ1n) is 12.8. The summed E-state index contributed by atoms with van der Waals surface area (Å²) in [6.45, 7) is 4.17. The lowest BCUT2D eigenvalue weighted by Gasteiger charge is -2.15. The summed E-state index contributed by atoms with van der Waals surface area (Å²) in [6, 6.07) is 36.0. The van der Waals surface area contributed by atoms with E-state index < -0.39 is 0 Å². The van der Waals surface area contributed by atoms with Crippen LogP contribution in [0.15, 0.2) is 133 Å². The maximum absolute atomic E-state index is 4.94. The summed E-state index contributed by atoms with van der Waals surface area (Å²) in [6.07, 6.45) is 7.61. The van der Waals surface area contributed by atoms with Gasteiger partial charge >= 0.3 is 0 Å². The van der Waals surface area contributed by atoms with Gasteiger partial charge in [-0.25, -0.2) is 0 Å². The third kappa shape index (κ3) is 4.62. The van der Waals surface area contributed by atoms with Gasteiger partial charge in [0, 0.05) is 47.0 Å². The number of fused-ring (bicyclic) bond motifs is 1. The van der Waals surface area contributed by atoms with Crippen molar-refractivity contribution in [1.82, 2.24) is 9.97 Å². The first-order valence-corrected chi connectivity index (χ1v) is 12.8. The molecule has 0 N–H and O–H groups in total. The van der Waals surface area contributed by atoms with E-state index in [0.717, 1.165) is 55.7 Å². The molecular formula is C35H27N3. The highest BCUT2D eigenvalue weighted by Gasteiger charge is 2.13. The minimum absolute atomic E-state index is 0.985. The number of pyridine rings is 2. The smallest absolute Gasteiger partial charge is 0.0662 e. The number of aryl methyl sites for hydroxylation is 1. The van der Waals surface area contributed by atoms with E-state index in [1.54, 1.807) is 0 Å². The summed E-state index contributed by atoms with van der Waals surface area (Å²) in [7, 11) is 0. The van der Waals surface area contributed by atoms with Gasteiger partial charge in [0.05, 0.1) is 5.69 Å². The molecule has 3 heteroatoms. The highest BCUT2D eigenvalue weighted by molar-refractivity contribution is 6.02. The summed E-state index contributed by atoms with van der Waals surface area (Å²) in [4.78, 5) is 13.9. The summed E-state index contributed by atoms with van der Waals surface area (Å²) >= 11 is 0. The van der Waals surface area contributed by atoms with Gasteiger partial charge in [-0.3, -0.25) is 15.0 Å². The number of nitrogens with zero attached hydrogens (tertiary/aromatic N) is 3. The predicted octanol–water partition coefficient (Wildman–Crippen LogP) is 9.08. The van der Waals surface area contributed by atoms with E-state index in [0.29, 0.717) is 0 Å². The van der Waals surface area contributed by atoms with E-state index in [2.05, 4.69) is 109 Å². The molecule has 0 aliphatic carbocycles. The van der Waals surface area contributed by atoms with Crippen LogP contribution in [-0.2, 0) is 0 Å². The van der Waals surface area contributed by atoms with Crippen LogP contribution in [0.1, 0.15) is 18.1 Å². The zero-order chi connectivity index (χ0) is 25.9. The van der Waals surface area contributed by atoms with E-state index in [4.69, 9.17) is 4.99 Å². The van der Waals surface area contributed by atoms with Gasteiger partial charge in [-0.05, 0) is 76.9 Å². The fraction of sp³-hybridized carbons (Fsp3) is 0.0571. The molecule has 2 heterocycles. The number of rotatable bonds is 5. The molecule has 38 heavy (non-hydrogen) atoms. The highest BCUT2D eigenvalue weighted by Crippen LogP contribution is 2.37. The Labute approximate surface area is 223 Å². The van der Waals surface area contributed by atoms with Crippen molar-refractivity contribution >= 4 is 22.2 Å². The van der Waals surface area contributed by atoms with Gasteiger partial charge < -0.3 is 0 Å². The van der Waals surface area contributed by atoms with E-state index in [1.807, 2.05) is 43.0 Å². The summed E-state index contributed by atoms with van der Waals surface area (Å²) in [5, 5.41) is 2.32. The van der Waals surface area contributed by atoms with E-state index in [1.165, 1.54) is 10.9 Å². The molecule has 0 radical (unpaired) electrons. The second kappa shape index (κ2) is 10.2. The Morgan fingerprint density at radius 3 is 2.29 bits per heavy atom.